The number of anilines is 8. The molecule has 68 heavy (non-hydrogen) atoms. The molecule has 0 heterocycles. The van der Waals surface area contributed by atoms with Crippen LogP contribution in [0.15, 0.2) is 176 Å². The topological polar surface area (TPSA) is 191 Å². The minimum Gasteiger partial charge on any atom is -0.497 e. The van der Waals surface area contributed by atoms with Crippen LogP contribution in [0.3, 0.4) is 0 Å². The third kappa shape index (κ3) is 10.2. The highest BCUT2D eigenvalue weighted by Crippen LogP contribution is 2.44. The van der Waals surface area contributed by atoms with Crippen molar-refractivity contribution < 1.29 is 48.0 Å². The number of carboxylic acid groups (broad SMARTS) is 1. The zero-order valence-corrected chi connectivity index (χ0v) is 36.4. The van der Waals surface area contributed by atoms with E-state index in [4.69, 9.17) is 28.5 Å². The first-order valence-corrected chi connectivity index (χ1v) is 20.9. The van der Waals surface area contributed by atoms with Gasteiger partial charge < -0.3 is 45.3 Å². The largest absolute Gasteiger partial charge is 0.497 e. The van der Waals surface area contributed by atoms with E-state index in [0.29, 0.717) is 80.0 Å². The summed E-state index contributed by atoms with van der Waals surface area (Å²) in [4.78, 5) is 58.4. The number of benzene rings is 8. The third-order valence-electron chi connectivity index (χ3n) is 10.6. The molecule has 8 aromatic rings. The summed E-state index contributed by atoms with van der Waals surface area (Å²) >= 11 is 0. The standard InChI is InChI=1S/C53H40N4O8.CO2/c1-62-37-20-10-33(11-21-37)54-43-28-30-45(56-35-14-24-41(25-15-35)64-39-6-4-3-5-7-39)49-47(43)51(58)48-44(55-34-12-22-38(63-2)23-13-34)29-31-46(50(48)52(49)59)57-36-16-26-42(27-17-36)65-40-18-8-32(9-19-40)53(60)61;2-1-3/h3-31,54-57H,1-2H3,(H,60,61);. The molecule has 1 aliphatic carbocycles. The van der Waals surface area contributed by atoms with Gasteiger partial charge in [0.1, 0.15) is 34.5 Å². The summed E-state index contributed by atoms with van der Waals surface area (Å²) < 4.78 is 22.7. The van der Waals surface area contributed by atoms with E-state index >= 15 is 9.59 Å². The van der Waals surface area contributed by atoms with Gasteiger partial charge in [0.15, 0.2) is 11.6 Å². The van der Waals surface area contributed by atoms with E-state index in [1.165, 1.54) is 12.1 Å². The fourth-order valence-corrected chi connectivity index (χ4v) is 7.42. The molecule has 14 nitrogen and oxygen atoms in total. The molecule has 0 saturated heterocycles. The Hall–Kier alpha value is -9.65. The molecule has 0 fully saturated rings. The Labute approximate surface area is 389 Å². The van der Waals surface area contributed by atoms with Gasteiger partial charge in [-0.1, -0.05) is 18.2 Å². The third-order valence-corrected chi connectivity index (χ3v) is 10.6. The maximum absolute atomic E-state index is 15.4. The molecule has 0 amide bonds. The average Bonchev–Trinajstić information content (AvgIpc) is 3.36. The molecule has 0 aromatic heterocycles. The molecule has 0 radical (unpaired) electrons. The lowest BCUT2D eigenvalue weighted by Gasteiger charge is -2.27. The number of carbonyl (C=O) groups is 3. The molecule has 9 rings (SSSR count). The number of nitrogens with one attached hydrogen (secondary N) is 4. The molecule has 0 atom stereocenters. The second-order valence-electron chi connectivity index (χ2n) is 14.9. The van der Waals surface area contributed by atoms with Crippen molar-refractivity contribution in [1.82, 2.24) is 0 Å². The molecule has 14 heteroatoms. The van der Waals surface area contributed by atoms with E-state index < -0.39 is 5.97 Å². The highest BCUT2D eigenvalue weighted by atomic mass is 16.5. The lowest BCUT2D eigenvalue weighted by Crippen LogP contribution is -2.25. The van der Waals surface area contributed by atoms with Gasteiger partial charge in [0.2, 0.25) is 0 Å². The molecule has 0 unspecified atom stereocenters. The van der Waals surface area contributed by atoms with E-state index in [1.807, 2.05) is 91.0 Å². The van der Waals surface area contributed by atoms with Crippen LogP contribution in [0, 0.1) is 0 Å². The van der Waals surface area contributed by atoms with Gasteiger partial charge >= 0.3 is 12.1 Å². The summed E-state index contributed by atoms with van der Waals surface area (Å²) in [6.07, 6.45) is 0.250. The summed E-state index contributed by atoms with van der Waals surface area (Å²) in [7, 11) is 3.18. The number of para-hydroxylation sites is 1. The van der Waals surface area contributed by atoms with Crippen molar-refractivity contribution in [2.45, 2.75) is 0 Å². The number of fused-ring (bicyclic) bond motifs is 2. The molecular weight excluding hydrogens is 865 g/mol. The second-order valence-corrected chi connectivity index (χ2v) is 14.9. The SMILES string of the molecule is COc1ccc(Nc2ccc(Nc3ccc(Oc4ccccc4)cc3)c3c2C(=O)c2c(Nc4ccc(OC)cc4)ccc(Nc4ccc(Oc5ccc(C(=O)O)cc5)cc4)c2C3=O)cc1.O=C=O. The average molecular weight is 905 g/mol. The van der Waals surface area contributed by atoms with E-state index in [-0.39, 0.29) is 45.5 Å². The van der Waals surface area contributed by atoms with Crippen LogP contribution in [0.25, 0.3) is 0 Å². The number of aromatic carboxylic acids is 1. The van der Waals surface area contributed by atoms with Crippen molar-refractivity contribution in [1.29, 1.82) is 0 Å². The highest BCUT2D eigenvalue weighted by Gasteiger charge is 2.38. The van der Waals surface area contributed by atoms with E-state index in [2.05, 4.69) is 21.3 Å². The van der Waals surface area contributed by atoms with Crippen LogP contribution in [0.2, 0.25) is 0 Å². The van der Waals surface area contributed by atoms with E-state index in [9.17, 15) is 9.90 Å². The first-order chi connectivity index (χ1) is 33.1. The van der Waals surface area contributed by atoms with Gasteiger partial charge in [0.05, 0.1) is 64.8 Å². The van der Waals surface area contributed by atoms with E-state index in [1.54, 1.807) is 87.0 Å². The predicted molar refractivity (Wildman–Crippen MR) is 257 cm³/mol. The number of carboxylic acids is 1. The smallest absolute Gasteiger partial charge is 0.373 e. The summed E-state index contributed by atoms with van der Waals surface area (Å²) in [5, 5.41) is 22.9. The Morgan fingerprint density at radius 1 is 0.397 bits per heavy atom. The molecule has 0 bridgehead atoms. The van der Waals surface area contributed by atoms with Crippen LogP contribution in [-0.4, -0.2) is 43.0 Å². The lowest BCUT2D eigenvalue weighted by atomic mass is 9.80. The molecular formula is C54H40N4O10. The van der Waals surface area contributed by atoms with Gasteiger partial charge in [-0.2, -0.15) is 9.59 Å². The maximum atomic E-state index is 15.4. The van der Waals surface area contributed by atoms with Gasteiger partial charge in [-0.15, -0.1) is 0 Å². The van der Waals surface area contributed by atoms with Crippen LogP contribution >= 0.6 is 0 Å². The van der Waals surface area contributed by atoms with Crippen molar-refractivity contribution in [3.8, 4) is 34.5 Å². The van der Waals surface area contributed by atoms with Gasteiger partial charge in [-0.3, -0.25) is 9.59 Å². The summed E-state index contributed by atoms with van der Waals surface area (Å²) in [6, 6.07) is 51.7. The maximum Gasteiger partial charge on any atom is 0.373 e. The molecule has 336 valence electrons. The van der Waals surface area contributed by atoms with E-state index in [0.717, 1.165) is 0 Å². The Bertz CT molecular complexity index is 3140. The molecule has 1 aliphatic rings. The Kier molecular flexibility index (Phi) is 13.5. The normalized spacial score (nSPS) is 11.0. The minimum absolute atomic E-state index is 0.150. The quantitative estimate of drug-likeness (QED) is 0.0653. The highest BCUT2D eigenvalue weighted by molar-refractivity contribution is 6.35. The predicted octanol–water partition coefficient (Wildman–Crippen LogP) is 12.2. The zero-order valence-electron chi connectivity index (χ0n) is 36.4. The molecule has 8 aromatic carbocycles. The Morgan fingerprint density at radius 2 is 0.662 bits per heavy atom. The van der Waals surface area contributed by atoms with Crippen molar-refractivity contribution in [3.63, 3.8) is 0 Å². The van der Waals surface area contributed by atoms with Crippen molar-refractivity contribution in [2.24, 2.45) is 0 Å². The number of carbonyl (C=O) groups excluding carboxylic acids is 4. The zero-order chi connectivity index (χ0) is 47.6. The lowest BCUT2D eigenvalue weighted by molar-refractivity contribution is -0.191. The number of rotatable bonds is 15. The van der Waals surface area contributed by atoms with Crippen LogP contribution in [0.1, 0.15) is 42.2 Å². The van der Waals surface area contributed by atoms with Crippen LogP contribution in [0.4, 0.5) is 45.5 Å². The molecule has 0 aliphatic heterocycles. The number of hydrogen-bond donors (Lipinski definition) is 5. The Morgan fingerprint density at radius 3 is 0.941 bits per heavy atom. The minimum atomic E-state index is -1.03. The summed E-state index contributed by atoms with van der Waals surface area (Å²) in [5.41, 5.74) is 5.25. The fraction of sp³-hybridized carbons (Fsp3) is 0.0370. The van der Waals surface area contributed by atoms with Gasteiger partial charge in [-0.05, 0) is 158 Å². The monoisotopic (exact) mass is 904 g/mol. The molecule has 5 N–H and O–H groups in total. The molecule has 0 saturated carbocycles. The number of ether oxygens (including phenoxy) is 4. The second kappa shape index (κ2) is 20.5. The first kappa shape index (κ1) is 44.9. The molecule has 0 spiro atoms. The van der Waals surface area contributed by atoms with Crippen LogP contribution in [-0.2, 0) is 9.59 Å². The number of methoxy groups -OCH3 is 2. The van der Waals surface area contributed by atoms with Gasteiger partial charge in [-0.25, -0.2) is 4.79 Å². The summed E-state index contributed by atoms with van der Waals surface area (Å²) in [6.45, 7) is 0. The van der Waals surface area contributed by atoms with Gasteiger partial charge in [0, 0.05) is 22.7 Å². The number of ketones is 2. The fourth-order valence-electron chi connectivity index (χ4n) is 7.42. The van der Waals surface area contributed by atoms with Crippen LogP contribution in [0.5, 0.6) is 34.5 Å². The van der Waals surface area contributed by atoms with Crippen molar-refractivity contribution in [2.75, 3.05) is 35.5 Å². The van der Waals surface area contributed by atoms with Crippen LogP contribution < -0.4 is 40.2 Å². The van der Waals surface area contributed by atoms with Crippen molar-refractivity contribution >= 4 is 69.2 Å². The number of hydrogen-bond acceptors (Lipinski definition) is 13. The Balaban J connectivity index is 0.00000203. The summed E-state index contributed by atoms with van der Waals surface area (Å²) in [5.74, 6) is 1.85. The first-order valence-electron chi connectivity index (χ1n) is 20.9. The van der Waals surface area contributed by atoms with Gasteiger partial charge in [0.25, 0.3) is 0 Å². The van der Waals surface area contributed by atoms with Crippen molar-refractivity contribution in [3.05, 3.63) is 204 Å².